The van der Waals surface area contributed by atoms with Gasteiger partial charge in [0.2, 0.25) is 29.4 Å². The fourth-order valence-electron chi connectivity index (χ4n) is 3.09. The van der Waals surface area contributed by atoms with Crippen LogP contribution in [0.25, 0.3) is 0 Å². The van der Waals surface area contributed by atoms with Crippen molar-refractivity contribution in [1.29, 1.82) is 0 Å². The minimum Gasteiger partial charge on any atom is -0.438 e. The number of carbonyl (C=O) groups excluding carboxylic acids is 5. The van der Waals surface area contributed by atoms with Crippen molar-refractivity contribution in [3.05, 3.63) is 18.4 Å². The highest BCUT2D eigenvalue weighted by Gasteiger charge is 2.27. The van der Waals surface area contributed by atoms with Crippen LogP contribution in [-0.2, 0) is 19.2 Å². The van der Waals surface area contributed by atoms with Gasteiger partial charge in [-0.2, -0.15) is 0 Å². The fourth-order valence-corrected chi connectivity index (χ4v) is 3.09. The topological polar surface area (TPSA) is 250 Å². The number of amides is 5. The van der Waals surface area contributed by atoms with E-state index in [-0.39, 0.29) is 31.1 Å². The first-order chi connectivity index (χ1) is 17.0. The predicted molar refractivity (Wildman–Crippen MR) is 129 cm³/mol. The van der Waals surface area contributed by atoms with Crippen molar-refractivity contribution in [3.8, 4) is 0 Å². The van der Waals surface area contributed by atoms with Gasteiger partial charge in [-0.1, -0.05) is 0 Å². The van der Waals surface area contributed by atoms with E-state index in [2.05, 4.69) is 31.2 Å². The van der Waals surface area contributed by atoms with Crippen LogP contribution in [0.1, 0.15) is 56.5 Å². The summed E-state index contributed by atoms with van der Waals surface area (Å²) in [6.45, 7) is 3.27. The first kappa shape index (κ1) is 29.9. The predicted octanol–water partition coefficient (Wildman–Crippen LogP) is -2.39. The molecule has 0 spiro atoms. The Hall–Kier alpha value is -4.17. The van der Waals surface area contributed by atoms with Gasteiger partial charge in [-0.05, 0) is 39.0 Å². The lowest BCUT2D eigenvalue weighted by molar-refractivity contribution is -0.133. The summed E-state index contributed by atoms with van der Waals surface area (Å²) >= 11 is 0. The summed E-state index contributed by atoms with van der Waals surface area (Å²) in [6, 6.07) is -2.90. The van der Waals surface area contributed by atoms with Crippen LogP contribution in [0, 0.1) is 0 Å². The number of rotatable bonds is 16. The van der Waals surface area contributed by atoms with E-state index in [0.717, 1.165) is 6.39 Å². The highest BCUT2D eigenvalue weighted by atomic mass is 16.3. The number of hydrogen-bond donors (Lipinski definition) is 7. The molecule has 0 aliphatic heterocycles. The van der Waals surface area contributed by atoms with Crippen LogP contribution in [-0.4, -0.2) is 71.7 Å². The van der Waals surface area contributed by atoms with Crippen molar-refractivity contribution >= 4 is 35.5 Å². The number of hydrogen-bond acceptors (Lipinski definition) is 8. The lowest BCUT2D eigenvalue weighted by Crippen LogP contribution is -2.55. The molecule has 1 heterocycles. The molecular weight excluding hydrogens is 474 g/mol. The van der Waals surface area contributed by atoms with Gasteiger partial charge in [0, 0.05) is 20.0 Å². The lowest BCUT2D eigenvalue weighted by Gasteiger charge is -2.23. The van der Waals surface area contributed by atoms with Gasteiger partial charge in [0.25, 0.3) is 5.91 Å². The van der Waals surface area contributed by atoms with E-state index < -0.39 is 47.7 Å². The minimum absolute atomic E-state index is 0.0815. The van der Waals surface area contributed by atoms with E-state index >= 15 is 0 Å². The van der Waals surface area contributed by atoms with Gasteiger partial charge in [0.1, 0.15) is 18.1 Å². The Labute approximate surface area is 208 Å². The summed E-state index contributed by atoms with van der Waals surface area (Å²) in [5.74, 6) is -2.79. The maximum absolute atomic E-state index is 12.9. The highest BCUT2D eigenvalue weighted by molar-refractivity contribution is 5.93. The second-order valence-electron chi connectivity index (χ2n) is 8.01. The molecule has 1 rings (SSSR count). The van der Waals surface area contributed by atoms with Gasteiger partial charge in [-0.15, -0.1) is 0 Å². The first-order valence-electron chi connectivity index (χ1n) is 11.4. The van der Waals surface area contributed by atoms with E-state index in [1.807, 2.05) is 0 Å². The Bertz CT molecular complexity index is 915. The van der Waals surface area contributed by atoms with Crippen molar-refractivity contribution in [2.75, 3.05) is 13.1 Å². The molecule has 0 bridgehead atoms. The number of aliphatic imine (C=N–C) groups is 1. The molecule has 15 heteroatoms. The van der Waals surface area contributed by atoms with Crippen molar-refractivity contribution in [1.82, 2.24) is 26.3 Å². The maximum atomic E-state index is 12.9. The number of guanidine groups is 1. The first-order valence-corrected chi connectivity index (χ1v) is 11.4. The number of carbonyl (C=O) groups is 5. The maximum Gasteiger partial charge on any atom is 0.288 e. The zero-order valence-electron chi connectivity index (χ0n) is 20.4. The van der Waals surface area contributed by atoms with E-state index in [0.29, 0.717) is 25.8 Å². The van der Waals surface area contributed by atoms with Gasteiger partial charge in [0.05, 0.1) is 6.20 Å². The minimum atomic E-state index is -1.02. The second-order valence-corrected chi connectivity index (χ2v) is 8.01. The zero-order chi connectivity index (χ0) is 27.1. The molecule has 0 aliphatic rings. The SMILES string of the molecule is CC(=O)N[C@@H](C)C(=O)N[C@@H](CCCN=C(N)N)C(=O)N[C@@H](CCCCNC(=O)c1cnco1)C(N)=O. The van der Waals surface area contributed by atoms with Crippen LogP contribution in [0.4, 0.5) is 0 Å². The van der Waals surface area contributed by atoms with Crippen LogP contribution in [0.3, 0.4) is 0 Å². The van der Waals surface area contributed by atoms with Crippen LogP contribution in [0.5, 0.6) is 0 Å². The second kappa shape index (κ2) is 15.7. The average Bonchev–Trinajstić information content (AvgIpc) is 3.34. The zero-order valence-corrected chi connectivity index (χ0v) is 20.4. The van der Waals surface area contributed by atoms with Crippen LogP contribution in [0.2, 0.25) is 0 Å². The number of nitrogens with two attached hydrogens (primary N) is 3. The number of nitrogens with zero attached hydrogens (tertiary/aromatic N) is 2. The molecule has 0 saturated carbocycles. The van der Waals surface area contributed by atoms with Crippen molar-refractivity contribution < 1.29 is 28.4 Å². The van der Waals surface area contributed by atoms with Gasteiger partial charge < -0.3 is 42.9 Å². The van der Waals surface area contributed by atoms with E-state index in [1.165, 1.54) is 20.0 Å². The molecular formula is C21H35N9O6. The largest absolute Gasteiger partial charge is 0.438 e. The molecule has 0 aromatic carbocycles. The lowest BCUT2D eigenvalue weighted by atomic mass is 10.1. The molecule has 0 saturated heterocycles. The Kier molecular flexibility index (Phi) is 13.0. The third-order valence-corrected chi connectivity index (χ3v) is 4.91. The standard InChI is InChI=1S/C21H35N9O6/c1-12(28-13(2)31)18(33)30-15(7-5-9-27-21(23)24)19(34)29-14(17(22)32)6-3-4-8-26-20(35)16-10-25-11-36-16/h10-12,14-15H,3-9H2,1-2H3,(H2,22,32)(H,26,35)(H,28,31)(H,29,34)(H,30,33)(H4,23,24,27)/t12-,14-,15-/m0/s1. The summed E-state index contributed by atoms with van der Waals surface area (Å²) < 4.78 is 4.89. The molecule has 1 aromatic heterocycles. The van der Waals surface area contributed by atoms with Crippen molar-refractivity contribution in [2.24, 2.45) is 22.2 Å². The molecule has 0 aliphatic carbocycles. The van der Waals surface area contributed by atoms with Crippen LogP contribution in [0.15, 0.2) is 22.0 Å². The molecule has 1 aromatic rings. The third kappa shape index (κ3) is 11.8. The summed E-state index contributed by atoms with van der Waals surface area (Å²) in [6.07, 6.45) is 4.15. The number of aromatic nitrogens is 1. The quantitative estimate of drug-likeness (QED) is 0.0711. The van der Waals surface area contributed by atoms with Crippen LogP contribution >= 0.6 is 0 Å². The Morgan fingerprint density at radius 2 is 1.64 bits per heavy atom. The average molecular weight is 510 g/mol. The molecule has 0 unspecified atom stereocenters. The highest BCUT2D eigenvalue weighted by Crippen LogP contribution is 2.05. The van der Waals surface area contributed by atoms with E-state index in [1.54, 1.807) is 0 Å². The summed E-state index contributed by atoms with van der Waals surface area (Å²) in [4.78, 5) is 67.8. The Morgan fingerprint density at radius 1 is 0.972 bits per heavy atom. The van der Waals surface area contributed by atoms with Crippen LogP contribution < -0.4 is 38.5 Å². The van der Waals surface area contributed by atoms with Crippen molar-refractivity contribution in [2.45, 2.75) is 64.1 Å². The van der Waals surface area contributed by atoms with E-state index in [9.17, 15) is 24.0 Å². The fraction of sp³-hybridized carbons (Fsp3) is 0.571. The number of oxazole rings is 1. The molecule has 3 atom stereocenters. The van der Waals surface area contributed by atoms with E-state index in [4.69, 9.17) is 21.6 Å². The van der Waals surface area contributed by atoms with Gasteiger partial charge in [-0.25, -0.2) is 4.98 Å². The Balaban J connectivity index is 2.65. The normalized spacial score (nSPS) is 12.9. The molecule has 200 valence electrons. The molecule has 36 heavy (non-hydrogen) atoms. The van der Waals surface area contributed by atoms with Gasteiger partial charge in [0.15, 0.2) is 12.4 Å². The number of primary amides is 1. The molecule has 10 N–H and O–H groups in total. The summed E-state index contributed by atoms with van der Waals surface area (Å²) in [5, 5.41) is 10.2. The van der Waals surface area contributed by atoms with Gasteiger partial charge >= 0.3 is 0 Å². The molecule has 5 amide bonds. The molecule has 0 radical (unpaired) electrons. The van der Waals surface area contributed by atoms with Gasteiger partial charge in [-0.3, -0.25) is 29.0 Å². The third-order valence-electron chi connectivity index (χ3n) is 4.91. The summed E-state index contributed by atoms with van der Waals surface area (Å²) in [7, 11) is 0. The Morgan fingerprint density at radius 3 is 2.22 bits per heavy atom. The molecule has 0 fully saturated rings. The van der Waals surface area contributed by atoms with Crippen molar-refractivity contribution in [3.63, 3.8) is 0 Å². The smallest absolute Gasteiger partial charge is 0.288 e. The number of unbranched alkanes of at least 4 members (excludes halogenated alkanes) is 1. The number of nitrogens with one attached hydrogen (secondary N) is 4. The summed E-state index contributed by atoms with van der Waals surface area (Å²) in [5.41, 5.74) is 16.1. The monoisotopic (exact) mass is 509 g/mol. The molecule has 15 nitrogen and oxygen atoms in total.